The van der Waals surface area contributed by atoms with Crippen LogP contribution in [0.3, 0.4) is 0 Å². The molecule has 20 heavy (non-hydrogen) atoms. The zero-order chi connectivity index (χ0) is 13.8. The van der Waals surface area contributed by atoms with Crippen LogP contribution in [-0.4, -0.2) is 19.3 Å². The summed E-state index contributed by atoms with van der Waals surface area (Å²) in [5.74, 6) is 0. The molecule has 0 radical (unpaired) electrons. The van der Waals surface area contributed by atoms with Gasteiger partial charge in [0.1, 0.15) is 0 Å². The summed E-state index contributed by atoms with van der Waals surface area (Å²) in [4.78, 5) is 4.14. The van der Waals surface area contributed by atoms with Crippen LogP contribution in [0.1, 0.15) is 12.5 Å². The molecule has 0 aliphatic carbocycles. The third-order valence-electron chi connectivity index (χ3n) is 3.63. The van der Waals surface area contributed by atoms with Crippen molar-refractivity contribution in [3.63, 3.8) is 0 Å². The molecule has 102 valence electrons. The number of hydrogen-bond donors (Lipinski definition) is 0. The summed E-state index contributed by atoms with van der Waals surface area (Å²) in [5.41, 5.74) is 1.28. The van der Waals surface area contributed by atoms with Crippen LogP contribution < -0.4 is 0 Å². The highest BCUT2D eigenvalue weighted by Crippen LogP contribution is 2.27. The van der Waals surface area contributed by atoms with Crippen molar-refractivity contribution in [1.82, 2.24) is 19.3 Å². The molecule has 0 aliphatic rings. The molecule has 3 aromatic rings. The fraction of sp³-hybridized carbons (Fsp3) is 0.250. The Bertz CT molecular complexity index is 590. The molecular formula is C16H18N4. The van der Waals surface area contributed by atoms with E-state index in [-0.39, 0.29) is 5.41 Å². The van der Waals surface area contributed by atoms with Gasteiger partial charge >= 0.3 is 0 Å². The number of hydrogen-bond acceptors (Lipinski definition) is 2. The third kappa shape index (κ3) is 2.64. The average Bonchev–Trinajstić information content (AvgIpc) is 3.13. The fourth-order valence-corrected chi connectivity index (χ4v) is 2.61. The van der Waals surface area contributed by atoms with Crippen molar-refractivity contribution in [2.45, 2.75) is 25.4 Å². The van der Waals surface area contributed by atoms with Gasteiger partial charge < -0.3 is 4.57 Å². The molecule has 4 heteroatoms. The Labute approximate surface area is 118 Å². The smallest absolute Gasteiger partial charge is 0.0946 e. The minimum absolute atomic E-state index is 0.0337. The number of imidazole rings is 1. The molecule has 0 bridgehead atoms. The Balaban J connectivity index is 1.93. The zero-order valence-corrected chi connectivity index (χ0v) is 11.6. The first kappa shape index (κ1) is 12.7. The molecule has 2 aromatic heterocycles. The summed E-state index contributed by atoms with van der Waals surface area (Å²) in [6, 6.07) is 12.5. The first-order valence-electron chi connectivity index (χ1n) is 6.75. The van der Waals surface area contributed by atoms with Gasteiger partial charge in [-0.2, -0.15) is 5.10 Å². The van der Waals surface area contributed by atoms with E-state index in [1.54, 1.807) is 0 Å². The second-order valence-electron chi connectivity index (χ2n) is 5.37. The maximum Gasteiger partial charge on any atom is 0.0946 e. The monoisotopic (exact) mass is 266 g/mol. The van der Waals surface area contributed by atoms with Gasteiger partial charge in [-0.3, -0.25) is 4.68 Å². The highest BCUT2D eigenvalue weighted by Gasteiger charge is 2.28. The lowest BCUT2D eigenvalue weighted by atomic mass is 9.82. The lowest BCUT2D eigenvalue weighted by Gasteiger charge is -2.30. The average molecular weight is 266 g/mol. The molecule has 1 aromatic carbocycles. The van der Waals surface area contributed by atoms with Crippen LogP contribution in [0.2, 0.25) is 0 Å². The van der Waals surface area contributed by atoms with Crippen molar-refractivity contribution in [2.75, 3.05) is 0 Å². The molecule has 0 N–H and O–H groups in total. The first-order chi connectivity index (χ1) is 9.76. The fourth-order valence-electron chi connectivity index (χ4n) is 2.61. The standard InChI is InChI=1S/C16H18N4/c1-16(12-19-11-9-17-14-19,13-20-10-5-8-18-20)15-6-3-2-4-7-15/h2-11,14H,12-13H2,1H3. The van der Waals surface area contributed by atoms with Gasteiger partial charge in [0.05, 0.1) is 12.9 Å². The third-order valence-corrected chi connectivity index (χ3v) is 3.63. The molecule has 1 unspecified atom stereocenters. The van der Waals surface area contributed by atoms with Crippen molar-refractivity contribution < 1.29 is 0 Å². The van der Waals surface area contributed by atoms with E-state index in [4.69, 9.17) is 0 Å². The normalized spacial score (nSPS) is 14.1. The summed E-state index contributed by atoms with van der Waals surface area (Å²) in [6.07, 6.45) is 9.52. The van der Waals surface area contributed by atoms with Gasteiger partial charge in [0.25, 0.3) is 0 Å². The molecule has 0 fully saturated rings. The summed E-state index contributed by atoms with van der Waals surface area (Å²) in [6.45, 7) is 3.98. The molecule has 0 saturated carbocycles. The van der Waals surface area contributed by atoms with E-state index in [9.17, 15) is 0 Å². The predicted molar refractivity (Wildman–Crippen MR) is 78.2 cm³/mol. The molecule has 4 nitrogen and oxygen atoms in total. The van der Waals surface area contributed by atoms with Gasteiger partial charge in [-0.15, -0.1) is 0 Å². The van der Waals surface area contributed by atoms with Gasteiger partial charge in [0.2, 0.25) is 0 Å². The Hall–Kier alpha value is -2.36. The number of aromatic nitrogens is 4. The molecule has 3 rings (SSSR count). The van der Waals surface area contributed by atoms with Crippen LogP contribution in [0.15, 0.2) is 67.5 Å². The van der Waals surface area contributed by atoms with E-state index in [0.29, 0.717) is 0 Å². The predicted octanol–water partition coefficient (Wildman–Crippen LogP) is 2.74. The molecule has 0 aliphatic heterocycles. The molecule has 0 amide bonds. The van der Waals surface area contributed by atoms with Gasteiger partial charge in [-0.1, -0.05) is 37.3 Å². The largest absolute Gasteiger partial charge is 0.337 e. The topological polar surface area (TPSA) is 35.6 Å². The number of benzene rings is 1. The Morgan fingerprint density at radius 2 is 1.85 bits per heavy atom. The molecule has 0 saturated heterocycles. The molecular weight excluding hydrogens is 248 g/mol. The second-order valence-corrected chi connectivity index (χ2v) is 5.37. The summed E-state index contributed by atoms with van der Waals surface area (Å²) < 4.78 is 4.11. The molecule has 0 spiro atoms. The highest BCUT2D eigenvalue weighted by atomic mass is 15.3. The van der Waals surface area contributed by atoms with E-state index in [2.05, 4.69) is 51.9 Å². The van der Waals surface area contributed by atoms with E-state index in [1.165, 1.54) is 5.56 Å². The van der Waals surface area contributed by atoms with Gasteiger partial charge in [0, 0.05) is 36.7 Å². The van der Waals surface area contributed by atoms with Crippen LogP contribution in [0, 0.1) is 0 Å². The zero-order valence-electron chi connectivity index (χ0n) is 11.6. The summed E-state index contributed by atoms with van der Waals surface area (Å²) in [5, 5.41) is 4.35. The van der Waals surface area contributed by atoms with E-state index in [1.807, 2.05) is 41.9 Å². The van der Waals surface area contributed by atoms with Gasteiger partial charge in [0.15, 0.2) is 0 Å². The highest BCUT2D eigenvalue weighted by molar-refractivity contribution is 5.24. The van der Waals surface area contributed by atoms with Gasteiger partial charge in [-0.05, 0) is 11.6 Å². The Morgan fingerprint density at radius 3 is 2.50 bits per heavy atom. The molecule has 1 atom stereocenters. The summed E-state index contributed by atoms with van der Waals surface area (Å²) in [7, 11) is 0. The molecule has 2 heterocycles. The van der Waals surface area contributed by atoms with E-state index < -0.39 is 0 Å². The minimum atomic E-state index is -0.0337. The lowest BCUT2D eigenvalue weighted by Crippen LogP contribution is -2.33. The van der Waals surface area contributed by atoms with E-state index >= 15 is 0 Å². The van der Waals surface area contributed by atoms with Crippen molar-refractivity contribution in [3.05, 3.63) is 73.1 Å². The quantitative estimate of drug-likeness (QED) is 0.712. The van der Waals surface area contributed by atoms with Crippen LogP contribution in [0.5, 0.6) is 0 Å². The van der Waals surface area contributed by atoms with Crippen LogP contribution in [0.25, 0.3) is 0 Å². The Kier molecular flexibility index (Phi) is 3.37. The first-order valence-corrected chi connectivity index (χ1v) is 6.75. The Morgan fingerprint density at radius 1 is 1.00 bits per heavy atom. The van der Waals surface area contributed by atoms with E-state index in [0.717, 1.165) is 13.1 Å². The number of rotatable bonds is 5. The minimum Gasteiger partial charge on any atom is -0.337 e. The van der Waals surface area contributed by atoms with Crippen molar-refractivity contribution >= 4 is 0 Å². The SMILES string of the molecule is CC(Cn1ccnc1)(Cn1cccn1)c1ccccc1. The van der Waals surface area contributed by atoms with Crippen molar-refractivity contribution in [1.29, 1.82) is 0 Å². The second kappa shape index (κ2) is 5.33. The van der Waals surface area contributed by atoms with Crippen LogP contribution >= 0.6 is 0 Å². The maximum atomic E-state index is 4.35. The van der Waals surface area contributed by atoms with Crippen molar-refractivity contribution in [2.24, 2.45) is 0 Å². The van der Waals surface area contributed by atoms with Gasteiger partial charge in [-0.25, -0.2) is 4.98 Å². The van der Waals surface area contributed by atoms with Crippen molar-refractivity contribution in [3.8, 4) is 0 Å². The summed E-state index contributed by atoms with van der Waals surface area (Å²) >= 11 is 0. The van der Waals surface area contributed by atoms with Crippen LogP contribution in [-0.2, 0) is 18.5 Å². The number of nitrogens with zero attached hydrogens (tertiary/aromatic N) is 4. The van der Waals surface area contributed by atoms with Crippen LogP contribution in [0.4, 0.5) is 0 Å². The maximum absolute atomic E-state index is 4.35. The lowest BCUT2D eigenvalue weighted by molar-refractivity contribution is 0.326.